The van der Waals surface area contributed by atoms with Gasteiger partial charge in [0, 0.05) is 56.8 Å². The molecule has 2 rings (SSSR count). The lowest BCUT2D eigenvalue weighted by Gasteiger charge is -2.62. The topological polar surface area (TPSA) is 9.72 Å². The molecule has 1 unspecified atom stereocenters. The van der Waals surface area contributed by atoms with Crippen LogP contribution in [0.5, 0.6) is 0 Å². The van der Waals surface area contributed by atoms with E-state index < -0.39 is 0 Å². The first-order valence-corrected chi connectivity index (χ1v) is 8.52. The van der Waals surface area contributed by atoms with Gasteiger partial charge in [0.25, 0.3) is 0 Å². The lowest BCUT2D eigenvalue weighted by atomic mass is 9.72. The summed E-state index contributed by atoms with van der Waals surface area (Å²) in [7, 11) is 2.26. The van der Waals surface area contributed by atoms with Crippen molar-refractivity contribution in [2.75, 3.05) is 46.3 Å². The Morgan fingerprint density at radius 1 is 1.05 bits per heavy atom. The molecule has 0 bridgehead atoms. The molecule has 3 nitrogen and oxygen atoms in total. The molecule has 3 heteroatoms. The summed E-state index contributed by atoms with van der Waals surface area (Å²) < 4.78 is 0. The molecule has 2 aliphatic rings. The van der Waals surface area contributed by atoms with Gasteiger partial charge in [0.15, 0.2) is 0 Å². The van der Waals surface area contributed by atoms with E-state index in [9.17, 15) is 0 Å². The molecule has 0 saturated carbocycles. The fourth-order valence-electron chi connectivity index (χ4n) is 3.71. The van der Waals surface area contributed by atoms with Gasteiger partial charge in [0.1, 0.15) is 0 Å². The number of hydrogen-bond donors (Lipinski definition) is 0. The van der Waals surface area contributed by atoms with Gasteiger partial charge in [-0.1, -0.05) is 13.3 Å². The predicted octanol–water partition coefficient (Wildman–Crippen LogP) is 2.38. The Labute approximate surface area is 126 Å². The van der Waals surface area contributed by atoms with E-state index in [0.29, 0.717) is 11.5 Å². The van der Waals surface area contributed by atoms with Crippen molar-refractivity contribution in [3.63, 3.8) is 0 Å². The maximum atomic E-state index is 2.69. The van der Waals surface area contributed by atoms with Crippen molar-refractivity contribution in [1.82, 2.24) is 14.7 Å². The minimum atomic E-state index is 0.665. The fraction of sp³-hybridized carbons (Fsp3) is 1.00. The Hall–Kier alpha value is -0.120. The van der Waals surface area contributed by atoms with E-state index in [1.54, 1.807) is 0 Å². The molecule has 0 radical (unpaired) electrons. The summed E-state index contributed by atoms with van der Waals surface area (Å²) in [5.74, 6) is 0.834. The van der Waals surface area contributed by atoms with Crippen molar-refractivity contribution >= 4 is 0 Å². The normalized spacial score (nSPS) is 24.4. The zero-order valence-electron chi connectivity index (χ0n) is 14.5. The number of hydrogen-bond acceptors (Lipinski definition) is 3. The first kappa shape index (κ1) is 16.3. The molecule has 0 aromatic heterocycles. The summed E-state index contributed by atoms with van der Waals surface area (Å²) in [6.45, 7) is 19.5. The van der Waals surface area contributed by atoms with Crippen molar-refractivity contribution in [2.24, 2.45) is 11.3 Å². The number of rotatable bonds is 7. The van der Waals surface area contributed by atoms with Crippen LogP contribution in [0.3, 0.4) is 0 Å². The van der Waals surface area contributed by atoms with Crippen LogP contribution in [0.2, 0.25) is 0 Å². The van der Waals surface area contributed by atoms with Crippen LogP contribution < -0.4 is 0 Å². The van der Waals surface area contributed by atoms with E-state index in [1.807, 2.05) is 0 Å². The van der Waals surface area contributed by atoms with E-state index in [4.69, 9.17) is 0 Å². The quantitative estimate of drug-likeness (QED) is 0.709. The molecule has 2 saturated heterocycles. The lowest BCUT2D eigenvalue weighted by Crippen LogP contribution is -2.73. The summed E-state index contributed by atoms with van der Waals surface area (Å²) in [5.41, 5.74) is 0.673. The molecule has 20 heavy (non-hydrogen) atoms. The molecule has 2 heterocycles. The summed E-state index contributed by atoms with van der Waals surface area (Å²) in [6.07, 6.45) is 1.30. The Morgan fingerprint density at radius 3 is 2.10 bits per heavy atom. The average Bonchev–Trinajstić information content (AvgIpc) is 2.27. The third kappa shape index (κ3) is 3.55. The van der Waals surface area contributed by atoms with E-state index >= 15 is 0 Å². The van der Waals surface area contributed by atoms with E-state index in [0.717, 1.165) is 12.0 Å². The molecule has 2 fully saturated rings. The van der Waals surface area contributed by atoms with Crippen LogP contribution in [-0.2, 0) is 0 Å². The summed E-state index contributed by atoms with van der Waals surface area (Å²) >= 11 is 0. The standard InChI is InChI=1S/C17H35N3/c1-7-16(8-18(6)14(2)3)9-19-10-17(11-19)12-20(13-17)15(4)5/h14-16H,7-13H2,1-6H3. The summed E-state index contributed by atoms with van der Waals surface area (Å²) in [4.78, 5) is 7.80. The van der Waals surface area contributed by atoms with Crippen molar-refractivity contribution in [3.05, 3.63) is 0 Å². The number of nitrogens with zero attached hydrogens (tertiary/aromatic N) is 3. The van der Waals surface area contributed by atoms with Crippen molar-refractivity contribution in [2.45, 2.75) is 53.1 Å². The van der Waals surface area contributed by atoms with Gasteiger partial charge in [0.05, 0.1) is 0 Å². The Bertz CT molecular complexity index is 299. The SMILES string of the molecule is CCC(CN1CC2(C1)CN(C(C)C)C2)CN(C)C(C)C. The van der Waals surface area contributed by atoms with Gasteiger partial charge in [0.2, 0.25) is 0 Å². The summed E-state index contributed by atoms with van der Waals surface area (Å²) in [5, 5.41) is 0. The maximum absolute atomic E-state index is 2.69. The van der Waals surface area contributed by atoms with Crippen LogP contribution in [0.4, 0.5) is 0 Å². The average molecular weight is 281 g/mol. The van der Waals surface area contributed by atoms with Crippen molar-refractivity contribution < 1.29 is 0 Å². The van der Waals surface area contributed by atoms with Crippen molar-refractivity contribution in [1.29, 1.82) is 0 Å². The molecule has 0 aromatic rings. The monoisotopic (exact) mass is 281 g/mol. The lowest BCUT2D eigenvalue weighted by molar-refractivity contribution is -0.129. The van der Waals surface area contributed by atoms with Gasteiger partial charge in [-0.3, -0.25) is 4.90 Å². The number of likely N-dealkylation sites (tertiary alicyclic amines) is 2. The fourth-order valence-corrected chi connectivity index (χ4v) is 3.71. The molecule has 2 aliphatic heterocycles. The van der Waals surface area contributed by atoms with Crippen LogP contribution in [0.1, 0.15) is 41.0 Å². The molecule has 0 aliphatic carbocycles. The van der Waals surface area contributed by atoms with Crippen LogP contribution >= 0.6 is 0 Å². The minimum Gasteiger partial charge on any atom is -0.304 e. The first-order valence-electron chi connectivity index (χ1n) is 8.52. The molecular formula is C17H35N3. The molecule has 0 N–H and O–H groups in total. The van der Waals surface area contributed by atoms with Gasteiger partial charge >= 0.3 is 0 Å². The van der Waals surface area contributed by atoms with E-state index in [1.165, 1.54) is 45.7 Å². The molecule has 0 aromatic carbocycles. The highest BCUT2D eigenvalue weighted by atomic mass is 15.3. The third-order valence-electron chi connectivity index (χ3n) is 5.45. The first-order chi connectivity index (χ1) is 9.35. The third-order valence-corrected chi connectivity index (χ3v) is 5.45. The molecule has 1 atom stereocenters. The molecule has 118 valence electrons. The summed E-state index contributed by atoms with van der Waals surface area (Å²) in [6, 6.07) is 1.40. The highest BCUT2D eigenvalue weighted by Crippen LogP contribution is 2.40. The van der Waals surface area contributed by atoms with Crippen LogP contribution in [0.25, 0.3) is 0 Å². The zero-order chi connectivity index (χ0) is 14.9. The maximum Gasteiger partial charge on any atom is 0.0212 e. The Balaban J connectivity index is 1.68. The van der Waals surface area contributed by atoms with E-state index in [2.05, 4.69) is 56.4 Å². The van der Waals surface area contributed by atoms with Gasteiger partial charge in [-0.05, 0) is 40.7 Å². The van der Waals surface area contributed by atoms with E-state index in [-0.39, 0.29) is 0 Å². The van der Waals surface area contributed by atoms with Gasteiger partial charge in [-0.25, -0.2) is 0 Å². The predicted molar refractivity (Wildman–Crippen MR) is 87.1 cm³/mol. The van der Waals surface area contributed by atoms with Crippen LogP contribution in [-0.4, -0.2) is 73.1 Å². The Kier molecular flexibility index (Phi) is 5.14. The molecule has 0 amide bonds. The molecule has 1 spiro atoms. The van der Waals surface area contributed by atoms with Crippen LogP contribution in [0, 0.1) is 11.3 Å². The smallest absolute Gasteiger partial charge is 0.0212 e. The van der Waals surface area contributed by atoms with Gasteiger partial charge in [-0.2, -0.15) is 0 Å². The van der Waals surface area contributed by atoms with Gasteiger partial charge in [-0.15, -0.1) is 0 Å². The minimum absolute atomic E-state index is 0.665. The highest BCUT2D eigenvalue weighted by Gasteiger charge is 2.51. The second-order valence-electron chi connectivity index (χ2n) is 7.98. The second-order valence-corrected chi connectivity index (χ2v) is 7.98. The zero-order valence-corrected chi connectivity index (χ0v) is 14.5. The largest absolute Gasteiger partial charge is 0.304 e. The Morgan fingerprint density at radius 2 is 1.65 bits per heavy atom. The van der Waals surface area contributed by atoms with Crippen LogP contribution in [0.15, 0.2) is 0 Å². The molecular weight excluding hydrogens is 246 g/mol. The van der Waals surface area contributed by atoms with Gasteiger partial charge < -0.3 is 9.80 Å². The second kappa shape index (κ2) is 6.33. The van der Waals surface area contributed by atoms with Crippen molar-refractivity contribution in [3.8, 4) is 0 Å². The highest BCUT2D eigenvalue weighted by molar-refractivity contribution is 5.06.